The number of primary sulfonamides is 1. The summed E-state index contributed by atoms with van der Waals surface area (Å²) in [6.07, 6.45) is -3.20. The zero-order chi connectivity index (χ0) is 25.5. The Morgan fingerprint density at radius 1 is 1.17 bits per heavy atom. The molecule has 6 N–H and O–H groups in total. The number of nitrogens with zero attached hydrogens (tertiary/aromatic N) is 5. The molecule has 0 amide bonds. The van der Waals surface area contributed by atoms with E-state index in [2.05, 4.69) is 15.0 Å². The first-order chi connectivity index (χ1) is 16.4. The number of benzene rings is 1. The van der Waals surface area contributed by atoms with E-state index in [1.807, 2.05) is 0 Å². The van der Waals surface area contributed by atoms with Gasteiger partial charge in [-0.05, 0) is 24.3 Å². The highest BCUT2D eigenvalue weighted by Crippen LogP contribution is 2.36. The molecular formula is C18H23N6O9PS. The number of hydrogen-bond donors (Lipinski definition) is 5. The van der Waals surface area contributed by atoms with Crippen molar-refractivity contribution in [2.45, 2.75) is 29.4 Å². The molecule has 1 aromatic carbocycles. The first-order valence-electron chi connectivity index (χ1n) is 10.0. The van der Waals surface area contributed by atoms with Gasteiger partial charge in [0.2, 0.25) is 10.0 Å². The van der Waals surface area contributed by atoms with E-state index in [4.69, 9.17) is 24.4 Å². The predicted molar refractivity (Wildman–Crippen MR) is 120 cm³/mol. The molecule has 0 radical (unpaired) electrons. The smallest absolute Gasteiger partial charge is 0.350 e. The van der Waals surface area contributed by atoms with E-state index in [9.17, 15) is 23.2 Å². The van der Waals surface area contributed by atoms with Crippen LogP contribution in [0.25, 0.3) is 11.2 Å². The Kier molecular flexibility index (Phi) is 6.93. The minimum absolute atomic E-state index is 0.0444. The highest BCUT2D eigenvalue weighted by atomic mass is 32.2. The number of hydrogen-bond acceptors (Lipinski definition) is 11. The summed E-state index contributed by atoms with van der Waals surface area (Å²) in [5, 5.41) is 26.0. The second kappa shape index (κ2) is 9.50. The van der Waals surface area contributed by atoms with E-state index in [1.165, 1.54) is 29.4 Å². The third-order valence-electron chi connectivity index (χ3n) is 5.36. The molecule has 1 aliphatic rings. The van der Waals surface area contributed by atoms with Crippen LogP contribution in [-0.2, 0) is 24.1 Å². The number of aromatic nitrogens is 4. The molecule has 3 aromatic rings. The molecule has 0 aliphatic carbocycles. The summed E-state index contributed by atoms with van der Waals surface area (Å²) in [4.78, 5) is 32.2. The first-order valence-corrected chi connectivity index (χ1v) is 13.4. The molecule has 1 fully saturated rings. The van der Waals surface area contributed by atoms with Gasteiger partial charge in [0.15, 0.2) is 23.2 Å². The Labute approximate surface area is 199 Å². The van der Waals surface area contributed by atoms with Crippen molar-refractivity contribution in [3.05, 3.63) is 36.9 Å². The Balaban J connectivity index is 1.58. The number of nitrogens with two attached hydrogens (primary N) is 1. The zero-order valence-corrected chi connectivity index (χ0v) is 19.9. The van der Waals surface area contributed by atoms with E-state index in [-0.39, 0.29) is 17.1 Å². The minimum Gasteiger partial charge on any atom is -0.387 e. The average molecular weight is 530 g/mol. The van der Waals surface area contributed by atoms with Gasteiger partial charge in [-0.25, -0.2) is 28.5 Å². The number of anilines is 2. The van der Waals surface area contributed by atoms with E-state index in [0.29, 0.717) is 17.0 Å². The monoisotopic (exact) mass is 530 g/mol. The number of imidazole rings is 1. The first kappa shape index (κ1) is 25.6. The number of fused-ring (bicyclic) bond motifs is 1. The molecular weight excluding hydrogens is 507 g/mol. The van der Waals surface area contributed by atoms with Crippen LogP contribution in [0.3, 0.4) is 0 Å². The Morgan fingerprint density at radius 2 is 1.86 bits per heavy atom. The van der Waals surface area contributed by atoms with Crippen molar-refractivity contribution in [1.29, 1.82) is 0 Å². The van der Waals surface area contributed by atoms with E-state index >= 15 is 0 Å². The highest BCUT2D eigenvalue weighted by molar-refractivity contribution is 7.89. The lowest BCUT2D eigenvalue weighted by atomic mass is 10.1. The number of sulfonamides is 1. The predicted octanol–water partition coefficient (Wildman–Crippen LogP) is -0.987. The summed E-state index contributed by atoms with van der Waals surface area (Å²) in [6.45, 7) is -0.357. The van der Waals surface area contributed by atoms with E-state index < -0.39 is 48.5 Å². The van der Waals surface area contributed by atoms with Gasteiger partial charge in [0.1, 0.15) is 31.0 Å². The van der Waals surface area contributed by atoms with Crippen LogP contribution in [0.4, 0.5) is 11.5 Å². The second-order valence-corrected chi connectivity index (χ2v) is 11.0. The van der Waals surface area contributed by atoms with Gasteiger partial charge in [0.25, 0.3) is 0 Å². The Bertz CT molecular complexity index is 1360. The molecule has 2 aromatic heterocycles. The molecule has 3 heterocycles. The van der Waals surface area contributed by atoms with Crippen molar-refractivity contribution in [2.24, 2.45) is 5.14 Å². The number of rotatable bonds is 8. The van der Waals surface area contributed by atoms with Crippen molar-refractivity contribution in [1.82, 2.24) is 19.5 Å². The summed E-state index contributed by atoms with van der Waals surface area (Å²) in [7, 11) is -6.56. The molecule has 35 heavy (non-hydrogen) atoms. The molecule has 17 heteroatoms. The summed E-state index contributed by atoms with van der Waals surface area (Å²) >= 11 is 0. The van der Waals surface area contributed by atoms with Crippen molar-refractivity contribution < 1.29 is 42.5 Å². The van der Waals surface area contributed by atoms with Crippen LogP contribution in [0.15, 0.2) is 41.8 Å². The molecule has 4 rings (SSSR count). The normalized spacial score (nSPS) is 23.1. The molecule has 0 bridgehead atoms. The van der Waals surface area contributed by atoms with Crippen molar-refractivity contribution in [3.63, 3.8) is 0 Å². The number of aliphatic hydroxyl groups excluding tert-OH is 2. The van der Waals surface area contributed by atoms with Crippen molar-refractivity contribution >= 4 is 40.3 Å². The van der Waals surface area contributed by atoms with Crippen molar-refractivity contribution in [3.8, 4) is 0 Å². The summed E-state index contributed by atoms with van der Waals surface area (Å²) in [5.41, 5.74) is 1.19. The molecule has 4 atom stereocenters. The van der Waals surface area contributed by atoms with Crippen LogP contribution in [0.2, 0.25) is 0 Å². The zero-order valence-electron chi connectivity index (χ0n) is 18.2. The molecule has 0 unspecified atom stereocenters. The SMILES string of the molecule is CN(c1ccc(S(N)(=O)=O)cc1)c1ncnc2c1ncn2[C@@H]1O[C@H](COCP(=O)(O)O)[C@@H](O)[C@H]1O. The largest absolute Gasteiger partial charge is 0.387 e. The standard InChI is InChI=1S/C18H23N6O9PS/c1-23(10-2-4-11(5-3-10)35(19,30)31)16-13-17(21-7-20-16)24(8-22-13)18-15(26)14(25)12(33-18)6-32-9-34(27,28)29/h2-5,7-8,12,14-15,18,25-26H,6,9H2,1H3,(H2,19,30,31)(H2,27,28,29)/t12-,14-,15-,18-/m1/s1. The van der Waals surface area contributed by atoms with Crippen molar-refractivity contribution in [2.75, 3.05) is 24.9 Å². The quantitative estimate of drug-likeness (QED) is 0.221. The lowest BCUT2D eigenvalue weighted by molar-refractivity contribution is -0.0612. The maximum atomic E-state index is 11.5. The number of aliphatic hydroxyl groups is 2. The third-order valence-corrected chi connectivity index (χ3v) is 6.81. The summed E-state index contributed by atoms with van der Waals surface area (Å²) in [6, 6.07) is 5.81. The molecule has 15 nitrogen and oxygen atoms in total. The second-order valence-electron chi connectivity index (χ2n) is 7.83. The van der Waals surface area contributed by atoms with Gasteiger partial charge in [-0.1, -0.05) is 0 Å². The molecule has 1 aliphatic heterocycles. The van der Waals surface area contributed by atoms with E-state index in [0.717, 1.165) is 0 Å². The van der Waals surface area contributed by atoms with Gasteiger partial charge in [-0.3, -0.25) is 9.13 Å². The summed E-state index contributed by atoms with van der Waals surface area (Å²) < 4.78 is 46.0. The van der Waals surface area contributed by atoms with Gasteiger partial charge in [0, 0.05) is 12.7 Å². The van der Waals surface area contributed by atoms with Gasteiger partial charge in [0.05, 0.1) is 17.8 Å². The fourth-order valence-corrected chi connectivity index (χ4v) is 4.50. The van der Waals surface area contributed by atoms with Crippen LogP contribution in [0.1, 0.15) is 6.23 Å². The maximum absolute atomic E-state index is 11.5. The Hall–Kier alpha value is -2.53. The summed E-state index contributed by atoms with van der Waals surface area (Å²) in [5.74, 6) is 0.367. The maximum Gasteiger partial charge on any atom is 0.350 e. The molecule has 1 saturated heterocycles. The van der Waals surface area contributed by atoms with Crippen LogP contribution in [-0.4, -0.2) is 86.3 Å². The topological polar surface area (TPSA) is 223 Å². The van der Waals surface area contributed by atoms with Crippen LogP contribution < -0.4 is 10.0 Å². The minimum atomic E-state index is -4.40. The number of ether oxygens (including phenoxy) is 2. The van der Waals surface area contributed by atoms with Crippen LogP contribution >= 0.6 is 7.60 Å². The highest BCUT2D eigenvalue weighted by Gasteiger charge is 2.44. The molecule has 0 saturated carbocycles. The average Bonchev–Trinajstić information content (AvgIpc) is 3.33. The van der Waals surface area contributed by atoms with Crippen LogP contribution in [0.5, 0.6) is 0 Å². The van der Waals surface area contributed by atoms with Gasteiger partial charge >= 0.3 is 7.60 Å². The fourth-order valence-electron chi connectivity index (χ4n) is 3.64. The van der Waals surface area contributed by atoms with Gasteiger partial charge in [-0.15, -0.1) is 0 Å². The van der Waals surface area contributed by atoms with Gasteiger partial charge < -0.3 is 34.4 Å². The fraction of sp³-hybridized carbons (Fsp3) is 0.389. The lowest BCUT2D eigenvalue weighted by Gasteiger charge is -2.19. The molecule has 0 spiro atoms. The molecule has 190 valence electrons. The lowest BCUT2D eigenvalue weighted by Crippen LogP contribution is -2.33. The Morgan fingerprint density at radius 3 is 2.49 bits per heavy atom. The van der Waals surface area contributed by atoms with E-state index in [1.54, 1.807) is 24.1 Å². The van der Waals surface area contributed by atoms with Gasteiger partial charge in [-0.2, -0.15) is 0 Å². The van der Waals surface area contributed by atoms with Crippen LogP contribution in [0, 0.1) is 0 Å². The third kappa shape index (κ3) is 5.35.